The van der Waals surface area contributed by atoms with Gasteiger partial charge in [-0.1, -0.05) is 43.3 Å². The van der Waals surface area contributed by atoms with Gasteiger partial charge in [0.05, 0.1) is 5.69 Å². The molecule has 0 unspecified atom stereocenters. The minimum absolute atomic E-state index is 0.851. The summed E-state index contributed by atoms with van der Waals surface area (Å²) in [5, 5.41) is 2.50. The second-order valence-corrected chi connectivity index (χ2v) is 6.58. The fourth-order valence-electron chi connectivity index (χ4n) is 3.50. The molecule has 1 saturated heterocycles. The lowest BCUT2D eigenvalue weighted by atomic mass is 10.1. The van der Waals surface area contributed by atoms with Gasteiger partial charge in [-0.2, -0.15) is 0 Å². The van der Waals surface area contributed by atoms with Gasteiger partial charge in [0.25, 0.3) is 0 Å². The van der Waals surface area contributed by atoms with Crippen LogP contribution in [-0.4, -0.2) is 47.6 Å². The molecule has 4 nitrogen and oxygen atoms in total. The number of hydrogen-bond donors (Lipinski definition) is 0. The van der Waals surface area contributed by atoms with Crippen LogP contribution in [-0.2, 0) is 0 Å². The second-order valence-electron chi connectivity index (χ2n) is 6.58. The molecule has 128 valence electrons. The van der Waals surface area contributed by atoms with Crippen molar-refractivity contribution in [1.82, 2.24) is 14.9 Å². The molecule has 25 heavy (non-hydrogen) atoms. The van der Waals surface area contributed by atoms with Crippen LogP contribution in [0.3, 0.4) is 0 Å². The van der Waals surface area contributed by atoms with Gasteiger partial charge in [-0.05, 0) is 42.4 Å². The van der Waals surface area contributed by atoms with Crippen molar-refractivity contribution in [2.24, 2.45) is 0 Å². The van der Waals surface area contributed by atoms with Gasteiger partial charge in [0.15, 0.2) is 0 Å². The van der Waals surface area contributed by atoms with Gasteiger partial charge < -0.3 is 9.80 Å². The number of anilines is 1. The van der Waals surface area contributed by atoms with E-state index < -0.39 is 0 Å². The van der Waals surface area contributed by atoms with Crippen molar-refractivity contribution in [3.63, 3.8) is 0 Å². The van der Waals surface area contributed by atoms with E-state index in [1.165, 1.54) is 10.8 Å². The van der Waals surface area contributed by atoms with Gasteiger partial charge in [-0.15, -0.1) is 0 Å². The Morgan fingerprint density at radius 2 is 1.80 bits per heavy atom. The Morgan fingerprint density at radius 1 is 0.920 bits per heavy atom. The third-order valence-electron chi connectivity index (χ3n) is 5.01. The summed E-state index contributed by atoms with van der Waals surface area (Å²) >= 11 is 0. The van der Waals surface area contributed by atoms with Crippen molar-refractivity contribution in [3.8, 4) is 11.3 Å². The van der Waals surface area contributed by atoms with Crippen LogP contribution in [0.15, 0.2) is 54.7 Å². The summed E-state index contributed by atoms with van der Waals surface area (Å²) in [5.74, 6) is 0.851. The van der Waals surface area contributed by atoms with Crippen LogP contribution in [0, 0.1) is 0 Å². The van der Waals surface area contributed by atoms with Crippen molar-refractivity contribution in [1.29, 1.82) is 0 Å². The first-order chi connectivity index (χ1) is 12.3. The Bertz CT molecular complexity index is 861. The Kier molecular flexibility index (Phi) is 4.61. The summed E-state index contributed by atoms with van der Waals surface area (Å²) in [6.45, 7) is 7.61. The summed E-state index contributed by atoms with van der Waals surface area (Å²) in [6, 6.07) is 17.0. The molecule has 3 aromatic rings. The zero-order valence-corrected chi connectivity index (χ0v) is 14.7. The molecule has 4 heteroatoms. The summed E-state index contributed by atoms with van der Waals surface area (Å²) in [5.41, 5.74) is 2.14. The Morgan fingerprint density at radius 3 is 2.68 bits per heavy atom. The first-order valence-electron chi connectivity index (χ1n) is 9.13. The number of fused-ring (bicyclic) bond motifs is 1. The highest BCUT2D eigenvalue weighted by molar-refractivity contribution is 5.86. The van der Waals surface area contributed by atoms with E-state index in [-0.39, 0.29) is 0 Å². The molecule has 0 spiro atoms. The molecule has 2 heterocycles. The predicted molar refractivity (Wildman–Crippen MR) is 104 cm³/mol. The van der Waals surface area contributed by atoms with E-state index in [0.717, 1.165) is 56.4 Å². The van der Waals surface area contributed by atoms with E-state index in [4.69, 9.17) is 4.98 Å². The highest BCUT2D eigenvalue weighted by Gasteiger charge is 2.16. The monoisotopic (exact) mass is 332 g/mol. The van der Waals surface area contributed by atoms with Gasteiger partial charge >= 0.3 is 0 Å². The maximum absolute atomic E-state index is 4.86. The molecule has 0 N–H and O–H groups in total. The maximum atomic E-state index is 4.86. The maximum Gasteiger partial charge on any atom is 0.225 e. The molecule has 1 aliphatic heterocycles. The average Bonchev–Trinajstić information content (AvgIpc) is 2.93. The summed E-state index contributed by atoms with van der Waals surface area (Å²) in [7, 11) is 0. The van der Waals surface area contributed by atoms with Gasteiger partial charge in [-0.3, -0.25) is 0 Å². The first kappa shape index (κ1) is 16.0. The van der Waals surface area contributed by atoms with Crippen LogP contribution in [0.5, 0.6) is 0 Å². The topological polar surface area (TPSA) is 32.3 Å². The van der Waals surface area contributed by atoms with Crippen molar-refractivity contribution < 1.29 is 0 Å². The molecule has 0 atom stereocenters. The summed E-state index contributed by atoms with van der Waals surface area (Å²) in [6.07, 6.45) is 3.05. The molecule has 0 saturated carbocycles. The quantitative estimate of drug-likeness (QED) is 0.730. The van der Waals surface area contributed by atoms with E-state index >= 15 is 0 Å². The normalized spacial score (nSPS) is 16.1. The van der Waals surface area contributed by atoms with Gasteiger partial charge in [-0.25, -0.2) is 9.97 Å². The van der Waals surface area contributed by atoms with Gasteiger partial charge in [0.2, 0.25) is 5.95 Å². The van der Waals surface area contributed by atoms with Crippen LogP contribution >= 0.6 is 0 Å². The smallest absolute Gasteiger partial charge is 0.225 e. The molecular formula is C21H24N4. The van der Waals surface area contributed by atoms with Crippen molar-refractivity contribution in [3.05, 3.63) is 54.7 Å². The molecule has 1 fully saturated rings. The molecule has 4 rings (SSSR count). The van der Waals surface area contributed by atoms with Gasteiger partial charge in [0, 0.05) is 31.4 Å². The summed E-state index contributed by atoms with van der Waals surface area (Å²) < 4.78 is 0. The van der Waals surface area contributed by atoms with Gasteiger partial charge in [0.1, 0.15) is 0 Å². The Hall–Kier alpha value is -2.46. The van der Waals surface area contributed by atoms with Crippen LogP contribution in [0.4, 0.5) is 5.95 Å². The molecule has 1 aliphatic rings. The van der Waals surface area contributed by atoms with Crippen LogP contribution in [0.2, 0.25) is 0 Å². The van der Waals surface area contributed by atoms with E-state index in [9.17, 15) is 0 Å². The lowest BCUT2D eigenvalue weighted by Gasteiger charge is -2.21. The first-order valence-corrected chi connectivity index (χ1v) is 9.13. The van der Waals surface area contributed by atoms with Crippen LogP contribution in [0.1, 0.15) is 13.3 Å². The van der Waals surface area contributed by atoms with Crippen LogP contribution in [0.25, 0.3) is 22.0 Å². The fraction of sp³-hybridized carbons (Fsp3) is 0.333. The third kappa shape index (κ3) is 3.49. The van der Waals surface area contributed by atoms with E-state index in [2.05, 4.69) is 64.2 Å². The highest BCUT2D eigenvalue weighted by Crippen LogP contribution is 2.24. The second kappa shape index (κ2) is 7.19. The SMILES string of the molecule is CCN1CCCN(c2nccc(-c3ccc4ccccc4c3)n2)CC1. The number of aromatic nitrogens is 2. The molecule has 2 aromatic carbocycles. The number of hydrogen-bond acceptors (Lipinski definition) is 4. The Balaban J connectivity index is 1.62. The molecule has 0 aliphatic carbocycles. The van der Waals surface area contributed by atoms with E-state index in [1.54, 1.807) is 0 Å². The average molecular weight is 332 g/mol. The fourth-order valence-corrected chi connectivity index (χ4v) is 3.50. The third-order valence-corrected chi connectivity index (χ3v) is 5.01. The van der Waals surface area contributed by atoms with Crippen molar-refractivity contribution in [2.75, 3.05) is 37.6 Å². The van der Waals surface area contributed by atoms with E-state index in [0.29, 0.717) is 0 Å². The lowest BCUT2D eigenvalue weighted by molar-refractivity contribution is 0.310. The van der Waals surface area contributed by atoms with Crippen molar-refractivity contribution >= 4 is 16.7 Å². The molecule has 1 aromatic heterocycles. The molecular weight excluding hydrogens is 308 g/mol. The summed E-state index contributed by atoms with van der Waals surface area (Å²) in [4.78, 5) is 14.2. The number of rotatable bonds is 3. The van der Waals surface area contributed by atoms with Crippen molar-refractivity contribution in [2.45, 2.75) is 13.3 Å². The Labute approximate surface area is 149 Å². The zero-order valence-electron chi connectivity index (χ0n) is 14.7. The van der Waals surface area contributed by atoms with Crippen LogP contribution < -0.4 is 4.90 Å². The van der Waals surface area contributed by atoms with E-state index in [1.807, 2.05) is 12.3 Å². The largest absolute Gasteiger partial charge is 0.339 e. The standard InChI is InChI=1S/C21H24N4/c1-2-24-12-5-13-25(15-14-24)21-22-11-10-20(23-21)19-9-8-17-6-3-4-7-18(17)16-19/h3-4,6-11,16H,2,5,12-15H2,1H3. The number of likely N-dealkylation sites (N-methyl/N-ethyl adjacent to an activating group) is 1. The minimum atomic E-state index is 0.851. The lowest BCUT2D eigenvalue weighted by Crippen LogP contribution is -2.31. The minimum Gasteiger partial charge on any atom is -0.339 e. The predicted octanol–water partition coefficient (Wildman–Crippen LogP) is 3.83. The molecule has 0 bridgehead atoms. The zero-order chi connectivity index (χ0) is 17.1. The molecule has 0 radical (unpaired) electrons. The number of nitrogens with zero attached hydrogens (tertiary/aromatic N) is 4. The molecule has 0 amide bonds. The highest BCUT2D eigenvalue weighted by atomic mass is 15.3. The number of benzene rings is 2.